The Balaban J connectivity index is 1.72. The largest absolute Gasteiger partial charge is 0.493 e. The number of fused-ring (bicyclic) bond motifs is 4. The second kappa shape index (κ2) is 8.10. The van der Waals surface area contributed by atoms with Gasteiger partial charge in [-0.25, -0.2) is 4.79 Å². The predicted molar refractivity (Wildman–Crippen MR) is 133 cm³/mol. The normalized spacial score (nSPS) is 13.2. The van der Waals surface area contributed by atoms with Crippen LogP contribution in [0.2, 0.25) is 0 Å². The van der Waals surface area contributed by atoms with Gasteiger partial charge in [0.05, 0.1) is 19.8 Å². The van der Waals surface area contributed by atoms with Crippen molar-refractivity contribution in [2.24, 2.45) is 0 Å². The summed E-state index contributed by atoms with van der Waals surface area (Å²) in [5, 5.41) is 1.99. The lowest BCUT2D eigenvalue weighted by Crippen LogP contribution is -2.06. The first kappa shape index (κ1) is 20.6. The van der Waals surface area contributed by atoms with Gasteiger partial charge in [-0.1, -0.05) is 36.4 Å². The first-order valence-electron chi connectivity index (χ1n) is 11.5. The van der Waals surface area contributed by atoms with Crippen LogP contribution >= 0.6 is 0 Å². The maximum Gasteiger partial charge on any atom is 0.344 e. The maximum absolute atomic E-state index is 13.4. The van der Waals surface area contributed by atoms with Crippen LogP contribution in [0.25, 0.3) is 44.2 Å². The smallest absolute Gasteiger partial charge is 0.344 e. The lowest BCUT2D eigenvalue weighted by Gasteiger charge is -2.14. The first-order chi connectivity index (χ1) is 16.7. The highest BCUT2D eigenvalue weighted by Crippen LogP contribution is 2.41. The van der Waals surface area contributed by atoms with Crippen molar-refractivity contribution in [3.05, 3.63) is 82.4 Å². The van der Waals surface area contributed by atoms with Crippen molar-refractivity contribution >= 4 is 21.9 Å². The average Bonchev–Trinajstić information content (AvgIpc) is 3.24. The number of benzene rings is 3. The molecule has 0 spiro atoms. The fourth-order valence-electron chi connectivity index (χ4n) is 5.12. The summed E-state index contributed by atoms with van der Waals surface area (Å²) in [5.41, 5.74) is 5.16. The monoisotopic (exact) mass is 452 g/mol. The van der Waals surface area contributed by atoms with Gasteiger partial charge in [0.2, 0.25) is 0 Å². The highest BCUT2D eigenvalue weighted by atomic mass is 16.5. The Morgan fingerprint density at radius 2 is 1.47 bits per heavy atom. The fraction of sp³-hybridized carbons (Fsp3) is 0.207. The third-order valence-corrected chi connectivity index (χ3v) is 6.72. The Bertz CT molecular complexity index is 1590. The lowest BCUT2D eigenvalue weighted by molar-refractivity contribution is 0.355. The summed E-state index contributed by atoms with van der Waals surface area (Å²) < 4.78 is 23.0. The Hall–Kier alpha value is -3.99. The van der Waals surface area contributed by atoms with Crippen LogP contribution in [0, 0.1) is 0 Å². The van der Waals surface area contributed by atoms with Crippen LogP contribution in [0.1, 0.15) is 24.2 Å². The summed E-state index contributed by atoms with van der Waals surface area (Å²) in [5.74, 6) is 2.21. The van der Waals surface area contributed by atoms with E-state index in [2.05, 4.69) is 6.07 Å². The molecule has 0 unspecified atom stereocenters. The van der Waals surface area contributed by atoms with Crippen LogP contribution in [-0.4, -0.2) is 14.2 Å². The molecule has 2 heterocycles. The summed E-state index contributed by atoms with van der Waals surface area (Å²) in [6, 6.07) is 19.5. The van der Waals surface area contributed by atoms with Gasteiger partial charge in [0.1, 0.15) is 16.9 Å². The summed E-state index contributed by atoms with van der Waals surface area (Å²) in [6.45, 7) is 0. The van der Waals surface area contributed by atoms with Crippen LogP contribution in [0.3, 0.4) is 0 Å². The number of aryl methyl sites for hydroxylation is 2. The third-order valence-electron chi connectivity index (χ3n) is 6.72. The molecule has 0 radical (unpaired) electrons. The minimum atomic E-state index is -0.408. The van der Waals surface area contributed by atoms with Crippen molar-refractivity contribution in [2.45, 2.75) is 25.7 Å². The Morgan fingerprint density at radius 1 is 0.706 bits per heavy atom. The molecule has 34 heavy (non-hydrogen) atoms. The molecule has 3 aromatic carbocycles. The Labute approximate surface area is 196 Å². The molecule has 0 saturated heterocycles. The van der Waals surface area contributed by atoms with Crippen LogP contribution in [-0.2, 0) is 12.8 Å². The van der Waals surface area contributed by atoms with Crippen molar-refractivity contribution in [3.8, 4) is 33.8 Å². The van der Waals surface area contributed by atoms with Gasteiger partial charge in [0.15, 0.2) is 11.5 Å². The van der Waals surface area contributed by atoms with E-state index in [1.54, 1.807) is 14.2 Å². The van der Waals surface area contributed by atoms with Crippen LogP contribution < -0.4 is 15.1 Å². The molecule has 5 aromatic rings. The fourth-order valence-corrected chi connectivity index (χ4v) is 5.12. The maximum atomic E-state index is 13.4. The van der Waals surface area contributed by atoms with E-state index < -0.39 is 5.63 Å². The molecular weight excluding hydrogens is 428 g/mol. The first-order valence-corrected chi connectivity index (χ1v) is 11.5. The van der Waals surface area contributed by atoms with Crippen LogP contribution in [0.15, 0.2) is 74.3 Å². The number of rotatable bonds is 4. The SMILES string of the molecule is COc1ccc(-c2c(-c3ccccc3)c3cc4c5c(oc4cc3oc2=O)CCCC5)cc1OC. The molecule has 0 aliphatic heterocycles. The van der Waals surface area contributed by atoms with Crippen molar-refractivity contribution in [3.63, 3.8) is 0 Å². The minimum Gasteiger partial charge on any atom is -0.493 e. The van der Waals surface area contributed by atoms with E-state index in [9.17, 15) is 4.79 Å². The van der Waals surface area contributed by atoms with E-state index in [1.165, 1.54) is 5.56 Å². The quantitative estimate of drug-likeness (QED) is 0.282. The number of hydrogen-bond acceptors (Lipinski definition) is 5. The van der Waals surface area contributed by atoms with Crippen molar-refractivity contribution in [1.82, 2.24) is 0 Å². The number of methoxy groups -OCH3 is 2. The second-order valence-electron chi connectivity index (χ2n) is 8.63. The zero-order valence-corrected chi connectivity index (χ0v) is 19.1. The molecule has 0 fully saturated rings. The number of ether oxygens (including phenoxy) is 2. The molecule has 1 aliphatic rings. The molecule has 5 heteroatoms. The van der Waals surface area contributed by atoms with Gasteiger partial charge in [-0.3, -0.25) is 0 Å². The Kier molecular flexibility index (Phi) is 4.91. The van der Waals surface area contributed by atoms with Gasteiger partial charge in [-0.15, -0.1) is 0 Å². The van der Waals surface area contributed by atoms with E-state index >= 15 is 0 Å². The molecule has 1 aliphatic carbocycles. The van der Waals surface area contributed by atoms with Gasteiger partial charge in [0, 0.05) is 34.4 Å². The van der Waals surface area contributed by atoms with Crippen LogP contribution in [0.4, 0.5) is 0 Å². The van der Waals surface area contributed by atoms with E-state index in [1.807, 2.05) is 54.6 Å². The lowest BCUT2D eigenvalue weighted by atomic mass is 9.91. The zero-order valence-electron chi connectivity index (χ0n) is 19.1. The standard InChI is InChI=1S/C29H24O5/c1-31-23-13-12-18(14-26(23)32-2)28-27(17-8-4-3-5-9-17)21-15-20-19-10-6-7-11-22(19)33-24(20)16-25(21)34-29(28)30/h3-5,8-9,12-16H,6-7,10-11H2,1-2H3. The van der Waals surface area contributed by atoms with Gasteiger partial charge >= 0.3 is 5.63 Å². The summed E-state index contributed by atoms with van der Waals surface area (Å²) in [7, 11) is 3.18. The zero-order chi connectivity index (χ0) is 23.2. The molecule has 6 rings (SSSR count). The summed E-state index contributed by atoms with van der Waals surface area (Å²) in [6.07, 6.45) is 4.26. The average molecular weight is 453 g/mol. The predicted octanol–water partition coefficient (Wildman–Crippen LogP) is 6.77. The minimum absolute atomic E-state index is 0.408. The molecule has 0 N–H and O–H groups in total. The summed E-state index contributed by atoms with van der Waals surface area (Å²) in [4.78, 5) is 13.4. The molecule has 0 amide bonds. The topological polar surface area (TPSA) is 61.8 Å². The highest BCUT2D eigenvalue weighted by Gasteiger charge is 2.23. The molecule has 0 atom stereocenters. The molecular formula is C29H24O5. The molecule has 0 bridgehead atoms. The van der Waals surface area contributed by atoms with Gasteiger partial charge in [-0.2, -0.15) is 0 Å². The highest BCUT2D eigenvalue weighted by molar-refractivity contribution is 6.06. The van der Waals surface area contributed by atoms with E-state index in [4.69, 9.17) is 18.3 Å². The van der Waals surface area contributed by atoms with Gasteiger partial charge in [0.25, 0.3) is 0 Å². The summed E-state index contributed by atoms with van der Waals surface area (Å²) >= 11 is 0. The molecule has 170 valence electrons. The second-order valence-corrected chi connectivity index (χ2v) is 8.63. The molecule has 0 saturated carbocycles. The van der Waals surface area contributed by atoms with Gasteiger partial charge < -0.3 is 18.3 Å². The third kappa shape index (κ3) is 3.19. The van der Waals surface area contributed by atoms with Crippen molar-refractivity contribution < 1.29 is 18.3 Å². The number of hydrogen-bond donors (Lipinski definition) is 0. The Morgan fingerprint density at radius 3 is 2.26 bits per heavy atom. The van der Waals surface area contributed by atoms with Gasteiger partial charge in [-0.05, 0) is 48.6 Å². The van der Waals surface area contributed by atoms with E-state index in [0.29, 0.717) is 28.2 Å². The number of furan rings is 1. The molecule has 5 nitrogen and oxygen atoms in total. The van der Waals surface area contributed by atoms with E-state index in [0.717, 1.165) is 58.9 Å². The van der Waals surface area contributed by atoms with Crippen molar-refractivity contribution in [2.75, 3.05) is 14.2 Å². The van der Waals surface area contributed by atoms with E-state index in [-0.39, 0.29) is 0 Å². The van der Waals surface area contributed by atoms with Crippen LogP contribution in [0.5, 0.6) is 11.5 Å². The molecule has 2 aromatic heterocycles. The van der Waals surface area contributed by atoms with Crippen molar-refractivity contribution in [1.29, 1.82) is 0 Å².